The maximum atomic E-state index is 6.12. The second-order valence-corrected chi connectivity index (χ2v) is 5.48. The predicted molar refractivity (Wildman–Crippen MR) is 86.5 cm³/mol. The van der Waals surface area contributed by atoms with Crippen LogP contribution in [-0.2, 0) is 13.1 Å². The van der Waals surface area contributed by atoms with Gasteiger partial charge in [-0.2, -0.15) is 0 Å². The summed E-state index contributed by atoms with van der Waals surface area (Å²) in [5.41, 5.74) is 3.23. The number of hydrogen-bond donors (Lipinski definition) is 1. The Balaban J connectivity index is 1.62. The Kier molecular flexibility index (Phi) is 4.51. The number of rotatable bonds is 5. The SMILES string of the molecule is Cc1cccc(CNCc2nnc(-c3ccccc3Cl)o2)c1. The van der Waals surface area contributed by atoms with Crippen LogP contribution in [0.15, 0.2) is 52.9 Å². The van der Waals surface area contributed by atoms with Gasteiger partial charge in [-0.3, -0.25) is 0 Å². The molecule has 1 aromatic heterocycles. The summed E-state index contributed by atoms with van der Waals surface area (Å²) in [7, 11) is 0. The molecule has 4 nitrogen and oxygen atoms in total. The van der Waals surface area contributed by atoms with Gasteiger partial charge in [0.2, 0.25) is 11.8 Å². The van der Waals surface area contributed by atoms with E-state index in [4.69, 9.17) is 16.0 Å². The molecule has 2 aromatic carbocycles. The molecular formula is C17H16ClN3O. The third-order valence-corrected chi connectivity index (χ3v) is 3.59. The summed E-state index contributed by atoms with van der Waals surface area (Å²) >= 11 is 6.12. The predicted octanol–water partition coefficient (Wildman–Crippen LogP) is 3.99. The molecule has 0 unspecified atom stereocenters. The van der Waals surface area contributed by atoms with E-state index in [0.717, 1.165) is 12.1 Å². The van der Waals surface area contributed by atoms with E-state index in [1.165, 1.54) is 11.1 Å². The first-order chi connectivity index (χ1) is 10.7. The highest BCUT2D eigenvalue weighted by Gasteiger charge is 2.11. The van der Waals surface area contributed by atoms with Gasteiger partial charge in [0, 0.05) is 6.54 Å². The minimum atomic E-state index is 0.443. The molecular weight excluding hydrogens is 298 g/mol. The third-order valence-electron chi connectivity index (χ3n) is 3.26. The van der Waals surface area contributed by atoms with Crippen LogP contribution in [0.25, 0.3) is 11.5 Å². The molecule has 0 radical (unpaired) electrons. The molecule has 0 saturated carbocycles. The highest BCUT2D eigenvalue weighted by atomic mass is 35.5. The van der Waals surface area contributed by atoms with Gasteiger partial charge in [-0.25, -0.2) is 0 Å². The Hall–Kier alpha value is -2.17. The fourth-order valence-corrected chi connectivity index (χ4v) is 2.42. The van der Waals surface area contributed by atoms with E-state index in [9.17, 15) is 0 Å². The Morgan fingerprint density at radius 3 is 2.73 bits per heavy atom. The summed E-state index contributed by atoms with van der Waals surface area (Å²) in [5.74, 6) is 0.987. The minimum absolute atomic E-state index is 0.443. The maximum Gasteiger partial charge on any atom is 0.249 e. The lowest BCUT2D eigenvalue weighted by molar-refractivity contribution is 0.477. The molecule has 0 bridgehead atoms. The van der Waals surface area contributed by atoms with E-state index in [-0.39, 0.29) is 0 Å². The number of hydrogen-bond acceptors (Lipinski definition) is 4. The van der Waals surface area contributed by atoms with E-state index < -0.39 is 0 Å². The molecule has 112 valence electrons. The molecule has 0 aliphatic rings. The molecule has 1 N–H and O–H groups in total. The Morgan fingerprint density at radius 1 is 1.05 bits per heavy atom. The normalized spacial score (nSPS) is 10.8. The average Bonchev–Trinajstić information content (AvgIpc) is 2.96. The number of nitrogens with zero attached hydrogens (tertiary/aromatic N) is 2. The van der Waals surface area contributed by atoms with Gasteiger partial charge in [-0.1, -0.05) is 53.6 Å². The fraction of sp³-hybridized carbons (Fsp3) is 0.176. The number of aryl methyl sites for hydroxylation is 1. The lowest BCUT2D eigenvalue weighted by Gasteiger charge is -2.03. The third kappa shape index (κ3) is 3.53. The first-order valence-corrected chi connectivity index (χ1v) is 7.44. The van der Waals surface area contributed by atoms with Crippen LogP contribution < -0.4 is 5.32 Å². The van der Waals surface area contributed by atoms with Crippen LogP contribution in [0.2, 0.25) is 5.02 Å². The van der Waals surface area contributed by atoms with Gasteiger partial charge in [0.25, 0.3) is 0 Å². The van der Waals surface area contributed by atoms with Gasteiger partial charge >= 0.3 is 0 Å². The zero-order valence-corrected chi connectivity index (χ0v) is 13.0. The van der Waals surface area contributed by atoms with Crippen LogP contribution in [0.1, 0.15) is 17.0 Å². The van der Waals surface area contributed by atoms with E-state index in [1.54, 1.807) is 6.07 Å². The highest BCUT2D eigenvalue weighted by Crippen LogP contribution is 2.26. The summed E-state index contributed by atoms with van der Waals surface area (Å²) in [6.07, 6.45) is 0. The van der Waals surface area contributed by atoms with Crippen LogP contribution in [-0.4, -0.2) is 10.2 Å². The zero-order chi connectivity index (χ0) is 15.4. The van der Waals surface area contributed by atoms with Gasteiger partial charge in [0.05, 0.1) is 17.1 Å². The van der Waals surface area contributed by atoms with Crippen molar-refractivity contribution in [1.29, 1.82) is 0 Å². The van der Waals surface area contributed by atoms with Crippen molar-refractivity contribution >= 4 is 11.6 Å². The first-order valence-electron chi connectivity index (χ1n) is 7.06. The summed E-state index contributed by atoms with van der Waals surface area (Å²) in [6, 6.07) is 15.8. The van der Waals surface area contributed by atoms with Gasteiger partial charge in [-0.05, 0) is 24.6 Å². The molecule has 0 saturated heterocycles. The summed E-state index contributed by atoms with van der Waals surface area (Å²) in [5, 5.41) is 12.0. The topological polar surface area (TPSA) is 51.0 Å². The number of aromatic nitrogens is 2. The van der Waals surface area contributed by atoms with Crippen LogP contribution in [0.3, 0.4) is 0 Å². The van der Waals surface area contributed by atoms with Crippen LogP contribution >= 0.6 is 11.6 Å². The van der Waals surface area contributed by atoms with Crippen molar-refractivity contribution in [2.45, 2.75) is 20.0 Å². The van der Waals surface area contributed by atoms with Crippen molar-refractivity contribution in [3.8, 4) is 11.5 Å². The van der Waals surface area contributed by atoms with Gasteiger partial charge in [0.15, 0.2) is 0 Å². The van der Waals surface area contributed by atoms with Crippen molar-refractivity contribution in [3.05, 3.63) is 70.6 Å². The molecule has 1 heterocycles. The summed E-state index contributed by atoms with van der Waals surface area (Å²) < 4.78 is 5.64. The lowest BCUT2D eigenvalue weighted by atomic mass is 10.1. The van der Waals surface area contributed by atoms with Crippen molar-refractivity contribution < 1.29 is 4.42 Å². The molecule has 0 spiro atoms. The summed E-state index contributed by atoms with van der Waals surface area (Å²) in [6.45, 7) is 3.36. The minimum Gasteiger partial charge on any atom is -0.419 e. The van der Waals surface area contributed by atoms with Gasteiger partial charge in [-0.15, -0.1) is 10.2 Å². The first kappa shape index (κ1) is 14.8. The average molecular weight is 314 g/mol. The molecule has 0 aliphatic carbocycles. The quantitative estimate of drug-likeness (QED) is 0.774. The molecule has 5 heteroatoms. The Labute approximate surface area is 134 Å². The number of halogens is 1. The molecule has 0 amide bonds. The van der Waals surface area contributed by atoms with Crippen LogP contribution in [0, 0.1) is 6.92 Å². The highest BCUT2D eigenvalue weighted by molar-refractivity contribution is 6.33. The largest absolute Gasteiger partial charge is 0.419 e. The van der Waals surface area contributed by atoms with E-state index >= 15 is 0 Å². The fourth-order valence-electron chi connectivity index (χ4n) is 2.20. The molecule has 0 fully saturated rings. The summed E-state index contributed by atoms with van der Waals surface area (Å²) in [4.78, 5) is 0. The smallest absolute Gasteiger partial charge is 0.249 e. The van der Waals surface area contributed by atoms with Crippen molar-refractivity contribution in [1.82, 2.24) is 15.5 Å². The zero-order valence-electron chi connectivity index (χ0n) is 12.2. The molecule has 3 rings (SSSR count). The van der Waals surface area contributed by atoms with Gasteiger partial charge in [0.1, 0.15) is 0 Å². The molecule has 0 aliphatic heterocycles. The van der Waals surface area contributed by atoms with E-state index in [1.807, 2.05) is 18.2 Å². The van der Waals surface area contributed by atoms with Crippen LogP contribution in [0.4, 0.5) is 0 Å². The van der Waals surface area contributed by atoms with E-state index in [2.05, 4.69) is 46.7 Å². The molecule has 0 atom stereocenters. The second kappa shape index (κ2) is 6.73. The monoisotopic (exact) mass is 313 g/mol. The van der Waals surface area contributed by atoms with Gasteiger partial charge < -0.3 is 9.73 Å². The second-order valence-electron chi connectivity index (χ2n) is 5.07. The van der Waals surface area contributed by atoms with Crippen molar-refractivity contribution in [3.63, 3.8) is 0 Å². The van der Waals surface area contributed by atoms with Crippen LogP contribution in [0.5, 0.6) is 0 Å². The Morgan fingerprint density at radius 2 is 1.91 bits per heavy atom. The van der Waals surface area contributed by atoms with E-state index in [0.29, 0.717) is 23.3 Å². The standard InChI is InChI=1S/C17H16ClN3O/c1-12-5-4-6-13(9-12)10-19-11-16-20-21-17(22-16)14-7-2-3-8-15(14)18/h2-9,19H,10-11H2,1H3. The number of benzene rings is 2. The molecule has 3 aromatic rings. The Bertz CT molecular complexity index is 770. The van der Waals surface area contributed by atoms with Crippen molar-refractivity contribution in [2.75, 3.05) is 0 Å². The maximum absolute atomic E-state index is 6.12. The number of nitrogens with one attached hydrogen (secondary N) is 1. The molecule has 22 heavy (non-hydrogen) atoms. The lowest BCUT2D eigenvalue weighted by Crippen LogP contribution is -2.12. The van der Waals surface area contributed by atoms with Crippen molar-refractivity contribution in [2.24, 2.45) is 0 Å².